The highest BCUT2D eigenvalue weighted by molar-refractivity contribution is 7.99. The Bertz CT molecular complexity index is 950. The number of thioether (sulfide) groups is 2. The molecule has 148 valence electrons. The summed E-state index contributed by atoms with van der Waals surface area (Å²) in [7, 11) is 0. The molecule has 0 aliphatic heterocycles. The van der Waals surface area contributed by atoms with Crippen molar-refractivity contribution in [1.82, 2.24) is 30.0 Å². The highest BCUT2D eigenvalue weighted by atomic mass is 32.2. The van der Waals surface area contributed by atoms with E-state index in [1.165, 1.54) is 26.9 Å². The molecule has 0 aliphatic rings. The van der Waals surface area contributed by atoms with Crippen LogP contribution in [0.5, 0.6) is 0 Å². The standard InChI is InChI=1S/C18H23N7OS2/c1-12-4-6-15(7-5-12)27-9-8-20-16(26)11-28-18-22-21-17(24(18)19)25-14(3)10-13(2)23-25/h4-7,10H,8-9,11,19H2,1-3H3,(H,20,26). The minimum absolute atomic E-state index is 0.0647. The highest BCUT2D eigenvalue weighted by Gasteiger charge is 2.15. The molecule has 0 radical (unpaired) electrons. The lowest BCUT2D eigenvalue weighted by Crippen LogP contribution is -2.27. The molecule has 1 amide bonds. The van der Waals surface area contributed by atoms with E-state index in [2.05, 4.69) is 51.8 Å². The van der Waals surface area contributed by atoms with Gasteiger partial charge in [0.25, 0.3) is 5.95 Å². The molecule has 0 aliphatic carbocycles. The number of aryl methyl sites for hydroxylation is 3. The van der Waals surface area contributed by atoms with E-state index in [0.717, 1.165) is 17.1 Å². The predicted octanol–water partition coefficient (Wildman–Crippen LogP) is 2.10. The van der Waals surface area contributed by atoms with Crippen molar-refractivity contribution in [2.75, 3.05) is 23.9 Å². The molecule has 3 aromatic rings. The summed E-state index contributed by atoms with van der Waals surface area (Å²) in [5, 5.41) is 15.9. The Labute approximate surface area is 172 Å². The Morgan fingerprint density at radius 1 is 1.14 bits per heavy atom. The van der Waals surface area contributed by atoms with Crippen LogP contribution in [0.1, 0.15) is 17.0 Å². The summed E-state index contributed by atoms with van der Waals surface area (Å²) in [4.78, 5) is 13.3. The van der Waals surface area contributed by atoms with Crippen LogP contribution in [0.3, 0.4) is 0 Å². The molecular weight excluding hydrogens is 394 g/mol. The Kier molecular flexibility index (Phi) is 6.63. The average Bonchev–Trinajstić information content (AvgIpc) is 3.19. The van der Waals surface area contributed by atoms with Crippen LogP contribution >= 0.6 is 23.5 Å². The van der Waals surface area contributed by atoms with E-state index in [4.69, 9.17) is 5.84 Å². The van der Waals surface area contributed by atoms with Crippen molar-refractivity contribution in [3.8, 4) is 5.95 Å². The number of benzene rings is 1. The number of hydrogen-bond donors (Lipinski definition) is 2. The second-order valence-corrected chi connectivity index (χ2v) is 8.40. The monoisotopic (exact) mass is 417 g/mol. The first-order valence-corrected chi connectivity index (χ1v) is 10.7. The largest absolute Gasteiger partial charge is 0.355 e. The first-order valence-electron chi connectivity index (χ1n) is 8.77. The van der Waals surface area contributed by atoms with Crippen molar-refractivity contribution in [2.45, 2.75) is 30.8 Å². The minimum Gasteiger partial charge on any atom is -0.355 e. The van der Waals surface area contributed by atoms with Crippen LogP contribution in [0.2, 0.25) is 0 Å². The number of carbonyl (C=O) groups is 1. The lowest BCUT2D eigenvalue weighted by atomic mass is 10.2. The minimum atomic E-state index is -0.0647. The Morgan fingerprint density at radius 2 is 1.89 bits per heavy atom. The van der Waals surface area contributed by atoms with Crippen LogP contribution in [-0.2, 0) is 4.79 Å². The number of amides is 1. The average molecular weight is 418 g/mol. The summed E-state index contributed by atoms with van der Waals surface area (Å²) < 4.78 is 2.99. The Balaban J connectivity index is 1.44. The first-order chi connectivity index (χ1) is 13.4. The normalized spacial score (nSPS) is 11.0. The molecule has 10 heteroatoms. The predicted molar refractivity (Wildman–Crippen MR) is 112 cm³/mol. The SMILES string of the molecule is Cc1ccc(SCCNC(=O)CSc2nnc(-n3nc(C)cc3C)n2N)cc1. The van der Waals surface area contributed by atoms with Crippen molar-refractivity contribution >= 4 is 29.4 Å². The molecule has 2 aromatic heterocycles. The van der Waals surface area contributed by atoms with Gasteiger partial charge in [-0.15, -0.1) is 22.0 Å². The summed E-state index contributed by atoms with van der Waals surface area (Å²) in [5.41, 5.74) is 3.03. The van der Waals surface area contributed by atoms with Crippen molar-refractivity contribution in [3.05, 3.63) is 47.3 Å². The van der Waals surface area contributed by atoms with Gasteiger partial charge in [-0.2, -0.15) is 5.10 Å². The number of nitrogen functional groups attached to an aromatic ring is 1. The van der Waals surface area contributed by atoms with Gasteiger partial charge in [0.15, 0.2) is 0 Å². The van der Waals surface area contributed by atoms with Gasteiger partial charge in [0.05, 0.1) is 11.4 Å². The fourth-order valence-electron chi connectivity index (χ4n) is 2.52. The lowest BCUT2D eigenvalue weighted by molar-refractivity contribution is -0.118. The summed E-state index contributed by atoms with van der Waals surface area (Å²) in [6, 6.07) is 10.3. The molecule has 3 rings (SSSR count). The number of nitrogens with two attached hydrogens (primary N) is 1. The smallest absolute Gasteiger partial charge is 0.271 e. The number of hydrogen-bond acceptors (Lipinski definition) is 7. The second kappa shape index (κ2) is 9.16. The van der Waals surface area contributed by atoms with E-state index < -0.39 is 0 Å². The third kappa shape index (κ3) is 5.08. The number of carbonyl (C=O) groups excluding carboxylic acids is 1. The molecular formula is C18H23N7OS2. The molecule has 0 spiro atoms. The van der Waals surface area contributed by atoms with Crippen molar-refractivity contribution in [2.24, 2.45) is 0 Å². The van der Waals surface area contributed by atoms with E-state index >= 15 is 0 Å². The summed E-state index contributed by atoms with van der Waals surface area (Å²) in [6.07, 6.45) is 0. The zero-order valence-electron chi connectivity index (χ0n) is 16.0. The van der Waals surface area contributed by atoms with Gasteiger partial charge >= 0.3 is 0 Å². The zero-order valence-corrected chi connectivity index (χ0v) is 17.7. The first kappa shape index (κ1) is 20.3. The van der Waals surface area contributed by atoms with Gasteiger partial charge in [0.1, 0.15) is 0 Å². The van der Waals surface area contributed by atoms with Crippen molar-refractivity contribution in [3.63, 3.8) is 0 Å². The molecule has 0 saturated carbocycles. The van der Waals surface area contributed by atoms with Crippen LogP contribution < -0.4 is 11.2 Å². The lowest BCUT2D eigenvalue weighted by Gasteiger charge is -2.06. The molecule has 0 saturated heterocycles. The van der Waals surface area contributed by atoms with Gasteiger partial charge in [0.2, 0.25) is 11.1 Å². The van der Waals surface area contributed by atoms with Crippen molar-refractivity contribution in [1.29, 1.82) is 0 Å². The number of aromatic nitrogens is 5. The fourth-order valence-corrected chi connectivity index (χ4v) is 3.97. The summed E-state index contributed by atoms with van der Waals surface area (Å²) in [6.45, 7) is 6.49. The van der Waals surface area contributed by atoms with E-state index in [-0.39, 0.29) is 11.7 Å². The summed E-state index contributed by atoms with van der Waals surface area (Å²) >= 11 is 2.96. The molecule has 0 bridgehead atoms. The van der Waals surface area contributed by atoms with E-state index in [9.17, 15) is 4.79 Å². The number of nitrogens with one attached hydrogen (secondary N) is 1. The second-order valence-electron chi connectivity index (χ2n) is 6.29. The quantitative estimate of drug-likeness (QED) is 0.329. The van der Waals surface area contributed by atoms with E-state index in [0.29, 0.717) is 17.6 Å². The number of rotatable bonds is 8. The van der Waals surface area contributed by atoms with Crippen LogP contribution in [0.4, 0.5) is 0 Å². The van der Waals surface area contributed by atoms with E-state index in [1.807, 2.05) is 19.9 Å². The third-order valence-corrected chi connectivity index (χ3v) is 5.85. The highest BCUT2D eigenvalue weighted by Crippen LogP contribution is 2.18. The van der Waals surface area contributed by atoms with Crippen LogP contribution in [-0.4, -0.2) is 48.6 Å². The Morgan fingerprint density at radius 3 is 2.57 bits per heavy atom. The molecule has 0 fully saturated rings. The van der Waals surface area contributed by atoms with Gasteiger partial charge in [0, 0.05) is 22.9 Å². The zero-order chi connectivity index (χ0) is 20.1. The van der Waals surface area contributed by atoms with E-state index in [1.54, 1.807) is 16.4 Å². The maximum absolute atomic E-state index is 12.1. The molecule has 3 N–H and O–H groups in total. The summed E-state index contributed by atoms with van der Waals surface area (Å²) in [5.74, 6) is 7.46. The Hall–Kier alpha value is -2.46. The van der Waals surface area contributed by atoms with Crippen LogP contribution in [0.15, 0.2) is 40.4 Å². The van der Waals surface area contributed by atoms with Crippen molar-refractivity contribution < 1.29 is 4.79 Å². The molecule has 1 aromatic carbocycles. The van der Waals surface area contributed by atoms with Gasteiger partial charge in [-0.1, -0.05) is 29.5 Å². The van der Waals surface area contributed by atoms with Gasteiger partial charge in [-0.3, -0.25) is 4.79 Å². The van der Waals surface area contributed by atoms with Gasteiger partial charge < -0.3 is 11.2 Å². The number of nitrogens with zero attached hydrogens (tertiary/aromatic N) is 5. The maximum atomic E-state index is 12.1. The molecule has 0 atom stereocenters. The molecule has 2 heterocycles. The van der Waals surface area contributed by atoms with Gasteiger partial charge in [-0.05, 0) is 39.0 Å². The topological polar surface area (TPSA) is 104 Å². The third-order valence-electron chi connectivity index (χ3n) is 3.89. The van der Waals surface area contributed by atoms with Gasteiger partial charge in [-0.25, -0.2) is 9.36 Å². The fraction of sp³-hybridized carbons (Fsp3) is 0.333. The maximum Gasteiger partial charge on any atom is 0.271 e. The van der Waals surface area contributed by atoms with Crippen LogP contribution in [0, 0.1) is 20.8 Å². The molecule has 0 unspecified atom stereocenters. The van der Waals surface area contributed by atoms with Crippen LogP contribution in [0.25, 0.3) is 5.95 Å². The molecule has 28 heavy (non-hydrogen) atoms. The molecule has 8 nitrogen and oxygen atoms in total.